The Labute approximate surface area is 100 Å². The maximum Gasteiger partial charge on any atom is 0.254 e. The van der Waals surface area contributed by atoms with Crippen LogP contribution in [-0.2, 0) is 0 Å². The normalized spacial score (nSPS) is 14.7. The van der Waals surface area contributed by atoms with Gasteiger partial charge >= 0.3 is 0 Å². The van der Waals surface area contributed by atoms with Crippen molar-refractivity contribution in [3.8, 4) is 0 Å². The van der Waals surface area contributed by atoms with Crippen molar-refractivity contribution in [1.29, 1.82) is 0 Å². The van der Waals surface area contributed by atoms with Crippen LogP contribution in [0.1, 0.15) is 36.5 Å². The first-order valence-electron chi connectivity index (χ1n) is 5.99. The molecular weight excluding hydrogens is 219 g/mol. The number of amides is 1. The van der Waals surface area contributed by atoms with E-state index < -0.39 is 5.82 Å². The fourth-order valence-electron chi connectivity index (χ4n) is 1.98. The van der Waals surface area contributed by atoms with E-state index in [1.165, 1.54) is 18.2 Å². The van der Waals surface area contributed by atoms with Crippen molar-refractivity contribution in [1.82, 2.24) is 4.90 Å². The molecule has 1 fully saturated rings. The smallest absolute Gasteiger partial charge is 0.254 e. The van der Waals surface area contributed by atoms with Gasteiger partial charge in [-0.1, -0.05) is 6.92 Å². The largest absolute Gasteiger partial charge is 0.399 e. The summed E-state index contributed by atoms with van der Waals surface area (Å²) in [6.07, 6.45) is 3.01. The summed E-state index contributed by atoms with van der Waals surface area (Å²) >= 11 is 0. The van der Waals surface area contributed by atoms with Gasteiger partial charge < -0.3 is 10.6 Å². The van der Waals surface area contributed by atoms with Crippen LogP contribution in [0.25, 0.3) is 0 Å². The predicted molar refractivity (Wildman–Crippen MR) is 65.2 cm³/mol. The lowest BCUT2D eigenvalue weighted by Gasteiger charge is -2.21. The minimum absolute atomic E-state index is 0.111. The summed E-state index contributed by atoms with van der Waals surface area (Å²) in [7, 11) is 0. The van der Waals surface area contributed by atoms with Gasteiger partial charge in [0.05, 0.1) is 0 Å². The Balaban J connectivity index is 2.21. The van der Waals surface area contributed by atoms with Crippen LogP contribution < -0.4 is 5.73 Å². The molecule has 2 N–H and O–H groups in total. The van der Waals surface area contributed by atoms with Crippen LogP contribution in [0.15, 0.2) is 18.2 Å². The summed E-state index contributed by atoms with van der Waals surface area (Å²) in [6.45, 7) is 2.75. The molecule has 1 amide bonds. The quantitative estimate of drug-likeness (QED) is 0.816. The zero-order valence-electron chi connectivity index (χ0n) is 9.95. The molecule has 0 saturated heterocycles. The molecule has 0 aliphatic heterocycles. The summed E-state index contributed by atoms with van der Waals surface area (Å²) in [6, 6.07) is 4.35. The van der Waals surface area contributed by atoms with Gasteiger partial charge in [-0.2, -0.15) is 0 Å². The SMILES string of the molecule is CCCN(C(=O)c1cc(N)cc(F)c1)C1CC1. The molecule has 4 heteroatoms. The minimum Gasteiger partial charge on any atom is -0.399 e. The number of anilines is 1. The van der Waals surface area contributed by atoms with Gasteiger partial charge in [-0.05, 0) is 37.5 Å². The molecule has 1 aliphatic rings. The van der Waals surface area contributed by atoms with Crippen LogP contribution in [0.5, 0.6) is 0 Å². The Morgan fingerprint density at radius 2 is 2.18 bits per heavy atom. The maximum absolute atomic E-state index is 13.2. The van der Waals surface area contributed by atoms with E-state index in [9.17, 15) is 9.18 Å². The fourth-order valence-corrected chi connectivity index (χ4v) is 1.98. The molecule has 1 aromatic rings. The third-order valence-electron chi connectivity index (χ3n) is 2.88. The van der Waals surface area contributed by atoms with E-state index in [0.29, 0.717) is 17.3 Å². The van der Waals surface area contributed by atoms with E-state index in [4.69, 9.17) is 5.73 Å². The average Bonchev–Trinajstić information content (AvgIpc) is 3.07. The number of carbonyl (C=O) groups excluding carboxylic acids is 1. The van der Waals surface area contributed by atoms with Gasteiger partial charge in [0.15, 0.2) is 0 Å². The van der Waals surface area contributed by atoms with Crippen molar-refractivity contribution in [2.45, 2.75) is 32.2 Å². The van der Waals surface area contributed by atoms with E-state index in [2.05, 4.69) is 0 Å². The molecule has 0 spiro atoms. The highest BCUT2D eigenvalue weighted by Crippen LogP contribution is 2.28. The molecule has 0 aromatic heterocycles. The average molecular weight is 236 g/mol. The number of nitrogens with zero attached hydrogens (tertiary/aromatic N) is 1. The summed E-state index contributed by atoms with van der Waals surface area (Å²) in [5.74, 6) is -0.568. The topological polar surface area (TPSA) is 46.3 Å². The molecule has 0 unspecified atom stereocenters. The van der Waals surface area contributed by atoms with Gasteiger partial charge in [0, 0.05) is 23.8 Å². The monoisotopic (exact) mass is 236 g/mol. The van der Waals surface area contributed by atoms with Gasteiger partial charge in [-0.25, -0.2) is 4.39 Å². The first-order valence-corrected chi connectivity index (χ1v) is 5.99. The predicted octanol–water partition coefficient (Wildman–Crippen LogP) is 2.42. The third-order valence-corrected chi connectivity index (χ3v) is 2.88. The highest BCUT2D eigenvalue weighted by Gasteiger charge is 2.32. The molecule has 0 radical (unpaired) electrons. The van der Waals surface area contributed by atoms with Gasteiger partial charge in [0.2, 0.25) is 0 Å². The molecule has 1 saturated carbocycles. The summed E-state index contributed by atoms with van der Waals surface area (Å²) < 4.78 is 13.2. The molecule has 0 heterocycles. The van der Waals surface area contributed by atoms with Gasteiger partial charge in [0.1, 0.15) is 5.82 Å². The molecule has 92 valence electrons. The second kappa shape index (κ2) is 4.73. The molecule has 0 bridgehead atoms. The van der Waals surface area contributed by atoms with Crippen LogP contribution in [0.4, 0.5) is 10.1 Å². The van der Waals surface area contributed by atoms with Crippen molar-refractivity contribution in [3.63, 3.8) is 0 Å². The van der Waals surface area contributed by atoms with E-state index >= 15 is 0 Å². The first-order chi connectivity index (χ1) is 8.11. The number of nitrogen functional groups attached to an aromatic ring is 1. The summed E-state index contributed by atoms with van der Waals surface area (Å²) in [4.78, 5) is 14.1. The Morgan fingerprint density at radius 3 is 2.71 bits per heavy atom. The van der Waals surface area contributed by atoms with Crippen LogP contribution in [-0.4, -0.2) is 23.4 Å². The number of halogens is 1. The number of nitrogens with two attached hydrogens (primary N) is 1. The zero-order valence-corrected chi connectivity index (χ0v) is 9.95. The summed E-state index contributed by atoms with van der Waals surface area (Å²) in [5, 5.41) is 0. The highest BCUT2D eigenvalue weighted by atomic mass is 19.1. The minimum atomic E-state index is -0.458. The lowest BCUT2D eigenvalue weighted by atomic mass is 10.1. The molecular formula is C13H17FN2O. The van der Waals surface area contributed by atoms with Crippen molar-refractivity contribution in [2.75, 3.05) is 12.3 Å². The number of hydrogen-bond donors (Lipinski definition) is 1. The second-order valence-corrected chi connectivity index (χ2v) is 4.50. The molecule has 1 aromatic carbocycles. The first kappa shape index (κ1) is 11.9. The summed E-state index contributed by atoms with van der Waals surface area (Å²) in [5.41, 5.74) is 6.19. The van der Waals surface area contributed by atoms with Gasteiger partial charge in [0.25, 0.3) is 5.91 Å². The van der Waals surface area contributed by atoms with E-state index in [-0.39, 0.29) is 5.91 Å². The van der Waals surface area contributed by atoms with E-state index in [1.807, 2.05) is 11.8 Å². The number of rotatable bonds is 4. The van der Waals surface area contributed by atoms with Crippen LogP contribution in [0.3, 0.4) is 0 Å². The number of hydrogen-bond acceptors (Lipinski definition) is 2. The van der Waals surface area contributed by atoms with Crippen LogP contribution >= 0.6 is 0 Å². The number of benzene rings is 1. The Kier molecular flexibility index (Phi) is 3.31. The third kappa shape index (κ3) is 2.75. The fraction of sp³-hybridized carbons (Fsp3) is 0.462. The number of carbonyl (C=O) groups is 1. The standard InChI is InChI=1S/C13H17FN2O/c1-2-5-16(12-3-4-12)13(17)9-6-10(14)8-11(15)7-9/h6-8,12H,2-5,15H2,1H3. The highest BCUT2D eigenvalue weighted by molar-refractivity contribution is 5.95. The van der Waals surface area contributed by atoms with Gasteiger partial charge in [-0.3, -0.25) is 4.79 Å². The van der Waals surface area contributed by atoms with Crippen molar-refractivity contribution < 1.29 is 9.18 Å². The van der Waals surface area contributed by atoms with Crippen LogP contribution in [0.2, 0.25) is 0 Å². The molecule has 17 heavy (non-hydrogen) atoms. The van der Waals surface area contributed by atoms with Crippen LogP contribution in [0, 0.1) is 5.82 Å². The molecule has 1 aliphatic carbocycles. The Hall–Kier alpha value is -1.58. The Morgan fingerprint density at radius 1 is 1.47 bits per heavy atom. The van der Waals surface area contributed by atoms with Crippen molar-refractivity contribution >= 4 is 11.6 Å². The van der Waals surface area contributed by atoms with E-state index in [0.717, 1.165) is 25.8 Å². The lowest BCUT2D eigenvalue weighted by Crippen LogP contribution is -2.33. The zero-order chi connectivity index (χ0) is 12.4. The maximum atomic E-state index is 13.2. The second-order valence-electron chi connectivity index (χ2n) is 4.50. The van der Waals surface area contributed by atoms with E-state index in [1.54, 1.807) is 0 Å². The molecule has 2 rings (SSSR count). The van der Waals surface area contributed by atoms with Gasteiger partial charge in [-0.15, -0.1) is 0 Å². The molecule has 0 atom stereocenters. The molecule has 3 nitrogen and oxygen atoms in total. The Bertz CT molecular complexity index is 409. The van der Waals surface area contributed by atoms with Crippen molar-refractivity contribution in [3.05, 3.63) is 29.6 Å². The lowest BCUT2D eigenvalue weighted by molar-refractivity contribution is 0.0742. The van der Waals surface area contributed by atoms with Crippen molar-refractivity contribution in [2.24, 2.45) is 0 Å².